The lowest BCUT2D eigenvalue weighted by molar-refractivity contribution is 1.18. The van der Waals surface area contributed by atoms with Gasteiger partial charge < -0.3 is 9.13 Å². The number of benzene rings is 9. The highest BCUT2D eigenvalue weighted by Gasteiger charge is 2.42. The second-order valence-electron chi connectivity index (χ2n) is 15.3. The van der Waals surface area contributed by atoms with E-state index in [0.29, 0.717) is 0 Å². The van der Waals surface area contributed by atoms with Gasteiger partial charge in [-0.2, -0.15) is 0 Å². The number of thiophene rings is 1. The van der Waals surface area contributed by atoms with E-state index in [9.17, 15) is 0 Å². The molecule has 0 aliphatic rings. The van der Waals surface area contributed by atoms with Gasteiger partial charge >= 0.3 is 0 Å². The van der Waals surface area contributed by atoms with Crippen molar-refractivity contribution in [1.82, 2.24) is 9.13 Å². The van der Waals surface area contributed by atoms with E-state index in [0.717, 1.165) is 0 Å². The molecule has 12 aromatic rings. The minimum Gasteiger partial charge on any atom is -0.309 e. The average Bonchev–Trinajstić information content (AvgIpc) is 3.94. The zero-order valence-corrected chi connectivity index (χ0v) is 33.4. The van der Waals surface area contributed by atoms with E-state index in [1.807, 2.05) is 11.3 Å². The third-order valence-electron chi connectivity index (χ3n) is 12.2. The number of para-hydroxylation sites is 3. The SMILES string of the molecule is c1ccc(-n2c3ccccc3c3ccc([Si](c4ccccc4)(c4ccccc4)c4cccc(-n5c6ccccc6c6cc7c(cc65)sc5ccccc57)c4)cc32)cc1. The van der Waals surface area contributed by atoms with Crippen molar-refractivity contribution in [3.8, 4) is 11.4 Å². The van der Waals surface area contributed by atoms with Gasteiger partial charge in [-0.3, -0.25) is 0 Å². The van der Waals surface area contributed by atoms with Crippen LogP contribution in [0.4, 0.5) is 0 Å². The second-order valence-corrected chi connectivity index (χ2v) is 20.2. The molecule has 12 rings (SSSR count). The summed E-state index contributed by atoms with van der Waals surface area (Å²) in [6, 6.07) is 81.6. The van der Waals surface area contributed by atoms with Crippen molar-refractivity contribution in [2.45, 2.75) is 0 Å². The summed E-state index contributed by atoms with van der Waals surface area (Å²) < 4.78 is 7.59. The highest BCUT2D eigenvalue weighted by molar-refractivity contribution is 7.26. The van der Waals surface area contributed by atoms with Crippen molar-refractivity contribution in [3.05, 3.63) is 218 Å². The van der Waals surface area contributed by atoms with Crippen molar-refractivity contribution >= 4 is 104 Å². The molecular formula is C54H36N2SSi. The van der Waals surface area contributed by atoms with Gasteiger partial charge in [-0.15, -0.1) is 11.3 Å². The van der Waals surface area contributed by atoms with Crippen LogP contribution in [-0.4, -0.2) is 17.2 Å². The fraction of sp³-hybridized carbons (Fsp3) is 0. The first-order valence-corrected chi connectivity index (χ1v) is 22.7. The number of aromatic nitrogens is 2. The maximum absolute atomic E-state index is 2.96. The van der Waals surface area contributed by atoms with E-state index in [-0.39, 0.29) is 0 Å². The second kappa shape index (κ2) is 13.0. The molecule has 0 atom stereocenters. The summed E-state index contributed by atoms with van der Waals surface area (Å²) in [6.45, 7) is 0. The average molecular weight is 773 g/mol. The fourth-order valence-corrected chi connectivity index (χ4v) is 15.7. The molecule has 0 spiro atoms. The van der Waals surface area contributed by atoms with Crippen LogP contribution in [-0.2, 0) is 0 Å². The smallest absolute Gasteiger partial charge is 0.179 e. The van der Waals surface area contributed by atoms with Crippen LogP contribution in [0.2, 0.25) is 0 Å². The third kappa shape index (κ3) is 4.83. The first-order valence-electron chi connectivity index (χ1n) is 19.9. The van der Waals surface area contributed by atoms with Crippen molar-refractivity contribution < 1.29 is 0 Å². The molecule has 0 bridgehead atoms. The van der Waals surface area contributed by atoms with Crippen LogP contribution in [0.5, 0.6) is 0 Å². The van der Waals surface area contributed by atoms with Gasteiger partial charge in [-0.05, 0) is 81.4 Å². The Kier molecular flexibility index (Phi) is 7.46. The van der Waals surface area contributed by atoms with Gasteiger partial charge in [0, 0.05) is 53.1 Å². The van der Waals surface area contributed by atoms with Crippen LogP contribution in [0.25, 0.3) is 75.2 Å². The molecule has 0 saturated heterocycles. The Morgan fingerprint density at radius 1 is 0.276 bits per heavy atom. The molecule has 0 radical (unpaired) electrons. The first-order chi connectivity index (χ1) is 28.8. The molecule has 2 nitrogen and oxygen atoms in total. The molecule has 272 valence electrons. The lowest BCUT2D eigenvalue weighted by Gasteiger charge is -2.35. The van der Waals surface area contributed by atoms with Gasteiger partial charge in [-0.1, -0.05) is 158 Å². The topological polar surface area (TPSA) is 9.86 Å². The van der Waals surface area contributed by atoms with Crippen molar-refractivity contribution in [3.63, 3.8) is 0 Å². The summed E-state index contributed by atoms with van der Waals surface area (Å²) in [7, 11) is -2.96. The third-order valence-corrected chi connectivity index (χ3v) is 18.1. The fourth-order valence-electron chi connectivity index (χ4n) is 9.78. The standard InChI is InChI=1S/C54H36N2SSi/c1-4-17-37(18-5-1)55-49-28-13-10-25-43(49)45-32-31-42(34-51(45)55)58(39-20-6-2-7-21-39,40-22-8-3-9-23-40)41-24-16-19-38(33-41)56-50-29-14-11-26-44(50)47-35-48-46-27-12-15-30-53(46)57-54(48)36-52(47)56/h1-36H. The lowest BCUT2D eigenvalue weighted by Crippen LogP contribution is -2.74. The molecule has 0 aliphatic carbocycles. The van der Waals surface area contributed by atoms with Crippen LogP contribution < -0.4 is 20.7 Å². The molecule has 0 aliphatic heterocycles. The summed E-state index contributed by atoms with van der Waals surface area (Å²) in [6.07, 6.45) is 0. The first kappa shape index (κ1) is 33.2. The predicted molar refractivity (Wildman–Crippen MR) is 252 cm³/mol. The highest BCUT2D eigenvalue weighted by Crippen LogP contribution is 2.40. The van der Waals surface area contributed by atoms with Crippen LogP contribution in [0, 0.1) is 0 Å². The molecule has 0 fully saturated rings. The summed E-state index contributed by atoms with van der Waals surface area (Å²) in [5.41, 5.74) is 7.23. The van der Waals surface area contributed by atoms with E-state index >= 15 is 0 Å². The van der Waals surface area contributed by atoms with Crippen LogP contribution in [0.1, 0.15) is 0 Å². The summed E-state index contributed by atoms with van der Waals surface area (Å²) >= 11 is 1.88. The molecule has 4 heteroatoms. The van der Waals surface area contributed by atoms with Gasteiger partial charge in [0.25, 0.3) is 0 Å². The molecule has 0 amide bonds. The monoisotopic (exact) mass is 772 g/mol. The van der Waals surface area contributed by atoms with Crippen molar-refractivity contribution in [2.75, 3.05) is 0 Å². The Balaban J connectivity index is 1.17. The molecule has 0 N–H and O–H groups in total. The number of hydrogen-bond donors (Lipinski definition) is 0. The molecular weight excluding hydrogens is 737 g/mol. The summed E-state index contributed by atoms with van der Waals surface area (Å²) in [4.78, 5) is 0. The van der Waals surface area contributed by atoms with Gasteiger partial charge in [0.15, 0.2) is 8.07 Å². The number of fused-ring (bicyclic) bond motifs is 9. The Morgan fingerprint density at radius 2 is 0.776 bits per heavy atom. The quantitative estimate of drug-likeness (QED) is 0.118. The van der Waals surface area contributed by atoms with E-state index in [2.05, 4.69) is 228 Å². The van der Waals surface area contributed by atoms with Gasteiger partial charge in [-0.25, -0.2) is 0 Å². The van der Waals surface area contributed by atoms with Crippen LogP contribution >= 0.6 is 11.3 Å². The Labute approximate surface area is 341 Å². The number of rotatable bonds is 6. The molecule has 0 unspecified atom stereocenters. The summed E-state index contributed by atoms with van der Waals surface area (Å²) in [5.74, 6) is 0. The minimum absolute atomic E-state index is 1.17. The molecule has 3 aromatic heterocycles. The highest BCUT2D eigenvalue weighted by atomic mass is 32.1. The molecule has 58 heavy (non-hydrogen) atoms. The van der Waals surface area contributed by atoms with Crippen LogP contribution in [0.3, 0.4) is 0 Å². The Hall–Kier alpha value is -6.98. The number of hydrogen-bond acceptors (Lipinski definition) is 1. The van der Waals surface area contributed by atoms with E-state index in [4.69, 9.17) is 0 Å². The molecule has 9 aromatic carbocycles. The Bertz CT molecular complexity index is 3470. The van der Waals surface area contributed by atoms with E-state index < -0.39 is 8.07 Å². The van der Waals surface area contributed by atoms with Crippen molar-refractivity contribution in [2.24, 2.45) is 0 Å². The normalized spacial score (nSPS) is 12.1. The van der Waals surface area contributed by atoms with Crippen LogP contribution in [0.15, 0.2) is 218 Å². The van der Waals surface area contributed by atoms with Gasteiger partial charge in [0.1, 0.15) is 0 Å². The molecule has 3 heterocycles. The maximum Gasteiger partial charge on any atom is 0.179 e. The zero-order valence-electron chi connectivity index (χ0n) is 31.6. The summed E-state index contributed by atoms with van der Waals surface area (Å²) in [5, 5.41) is 13.1. The Morgan fingerprint density at radius 3 is 1.48 bits per heavy atom. The minimum atomic E-state index is -2.96. The van der Waals surface area contributed by atoms with Gasteiger partial charge in [0.2, 0.25) is 0 Å². The van der Waals surface area contributed by atoms with E-state index in [1.165, 1.54) is 95.9 Å². The maximum atomic E-state index is 2.51. The van der Waals surface area contributed by atoms with E-state index in [1.54, 1.807) is 0 Å². The molecule has 0 saturated carbocycles. The lowest BCUT2D eigenvalue weighted by atomic mass is 10.1. The largest absolute Gasteiger partial charge is 0.309 e. The predicted octanol–water partition coefficient (Wildman–Crippen LogP) is 11.6. The number of nitrogens with zero attached hydrogens (tertiary/aromatic N) is 2. The van der Waals surface area contributed by atoms with Crippen molar-refractivity contribution in [1.29, 1.82) is 0 Å². The van der Waals surface area contributed by atoms with Gasteiger partial charge in [0.05, 0.1) is 22.1 Å². The zero-order chi connectivity index (χ0) is 38.2.